The van der Waals surface area contributed by atoms with Crippen LogP contribution in [0, 0.1) is 0 Å². The lowest BCUT2D eigenvalue weighted by Crippen LogP contribution is -2.41. The van der Waals surface area contributed by atoms with Crippen LogP contribution in [-0.4, -0.2) is 40.5 Å². The Hall–Kier alpha value is -2.67. The Morgan fingerprint density at radius 2 is 2.00 bits per heavy atom. The van der Waals surface area contributed by atoms with Gasteiger partial charge in [0.15, 0.2) is 16.7 Å². The third-order valence-corrected chi connectivity index (χ3v) is 5.34. The maximum Gasteiger partial charge on any atom is 0.230 e. The molecule has 1 N–H and O–H groups in total. The van der Waals surface area contributed by atoms with Gasteiger partial charge in [-0.2, -0.15) is 0 Å². The van der Waals surface area contributed by atoms with E-state index < -0.39 is 0 Å². The number of aromatic nitrogens is 2. The van der Waals surface area contributed by atoms with Gasteiger partial charge in [0.1, 0.15) is 12.7 Å². The number of rotatable bonds is 6. The number of thioether (sulfide) groups is 1. The number of nitrogens with one attached hydrogen (secondary N) is 1. The zero-order valence-electron chi connectivity index (χ0n) is 15.1. The van der Waals surface area contributed by atoms with Crippen molar-refractivity contribution in [2.24, 2.45) is 0 Å². The largest absolute Gasteiger partial charge is 0.486 e. The van der Waals surface area contributed by atoms with Crippen LogP contribution in [-0.2, 0) is 11.3 Å². The molecule has 7 heteroatoms. The molecule has 1 amide bonds. The van der Waals surface area contributed by atoms with Crippen molar-refractivity contribution in [2.75, 3.05) is 18.9 Å². The van der Waals surface area contributed by atoms with Gasteiger partial charge in [0, 0.05) is 6.54 Å². The Morgan fingerprint density at radius 3 is 2.85 bits per heavy atom. The molecule has 6 nitrogen and oxygen atoms in total. The number of imidazole rings is 1. The van der Waals surface area contributed by atoms with Crippen LogP contribution in [0.15, 0.2) is 53.7 Å². The fraction of sp³-hybridized carbons (Fsp3) is 0.300. The van der Waals surface area contributed by atoms with E-state index in [4.69, 9.17) is 9.47 Å². The van der Waals surface area contributed by atoms with Crippen LogP contribution < -0.4 is 14.8 Å². The van der Waals surface area contributed by atoms with E-state index in [1.54, 1.807) is 0 Å². The molecule has 1 aliphatic heterocycles. The van der Waals surface area contributed by atoms with Crippen LogP contribution in [0.3, 0.4) is 0 Å². The Morgan fingerprint density at radius 1 is 1.22 bits per heavy atom. The summed E-state index contributed by atoms with van der Waals surface area (Å²) in [6.45, 7) is 3.74. The molecule has 0 radical (unpaired) electrons. The molecule has 0 saturated heterocycles. The highest BCUT2D eigenvalue weighted by atomic mass is 32.2. The average Bonchev–Trinajstić information content (AvgIpc) is 3.08. The maximum atomic E-state index is 12.3. The third-order valence-electron chi connectivity index (χ3n) is 4.36. The minimum atomic E-state index is -0.186. The monoisotopic (exact) mass is 383 g/mol. The molecular weight excluding hydrogens is 362 g/mol. The van der Waals surface area contributed by atoms with Gasteiger partial charge >= 0.3 is 0 Å². The second-order valence-corrected chi connectivity index (χ2v) is 7.16. The SMILES string of the molecule is CCn1c(SCC(=O)NCC2COc3ccccc3O2)nc2ccccc21. The molecular formula is C20H21N3O3S. The summed E-state index contributed by atoms with van der Waals surface area (Å²) in [5, 5.41) is 3.78. The number of hydrogen-bond donors (Lipinski definition) is 1. The van der Waals surface area contributed by atoms with Crippen LogP contribution >= 0.6 is 11.8 Å². The number of para-hydroxylation sites is 4. The first-order chi connectivity index (χ1) is 13.2. The van der Waals surface area contributed by atoms with Gasteiger partial charge in [0.05, 0.1) is 23.3 Å². The van der Waals surface area contributed by atoms with E-state index in [0.29, 0.717) is 24.7 Å². The van der Waals surface area contributed by atoms with Crippen LogP contribution in [0.4, 0.5) is 0 Å². The highest BCUT2D eigenvalue weighted by Gasteiger charge is 2.21. The third kappa shape index (κ3) is 3.88. The molecule has 0 spiro atoms. The lowest BCUT2D eigenvalue weighted by atomic mass is 10.2. The molecule has 1 aromatic heterocycles. The highest BCUT2D eigenvalue weighted by Crippen LogP contribution is 2.30. The van der Waals surface area contributed by atoms with Crippen molar-refractivity contribution >= 4 is 28.7 Å². The van der Waals surface area contributed by atoms with E-state index in [0.717, 1.165) is 28.5 Å². The Kier molecular flexibility index (Phi) is 5.20. The number of ether oxygens (including phenoxy) is 2. The van der Waals surface area contributed by atoms with Crippen molar-refractivity contribution in [2.45, 2.75) is 24.7 Å². The Balaban J connectivity index is 1.31. The summed E-state index contributed by atoms with van der Waals surface area (Å²) >= 11 is 1.45. The molecule has 27 heavy (non-hydrogen) atoms. The first kappa shape index (κ1) is 17.7. The van der Waals surface area contributed by atoms with Gasteiger partial charge < -0.3 is 19.4 Å². The van der Waals surface area contributed by atoms with Gasteiger partial charge in [-0.3, -0.25) is 4.79 Å². The normalized spacial score (nSPS) is 15.7. The number of fused-ring (bicyclic) bond motifs is 2. The van der Waals surface area contributed by atoms with E-state index >= 15 is 0 Å². The quantitative estimate of drug-likeness (QED) is 0.663. The fourth-order valence-corrected chi connectivity index (χ4v) is 3.95. The number of benzene rings is 2. The minimum Gasteiger partial charge on any atom is -0.486 e. The van der Waals surface area contributed by atoms with Crippen molar-refractivity contribution < 1.29 is 14.3 Å². The van der Waals surface area contributed by atoms with Crippen molar-refractivity contribution in [3.63, 3.8) is 0 Å². The first-order valence-corrected chi connectivity index (χ1v) is 9.96. The molecule has 1 unspecified atom stereocenters. The predicted molar refractivity (Wildman–Crippen MR) is 105 cm³/mol. The Labute approximate surface area is 161 Å². The summed E-state index contributed by atoms with van der Waals surface area (Å²) in [6.07, 6.45) is -0.186. The molecule has 0 fully saturated rings. The molecule has 3 aromatic rings. The average molecular weight is 383 g/mol. The van der Waals surface area contributed by atoms with Crippen LogP contribution in [0.1, 0.15) is 6.92 Å². The number of nitrogens with zero attached hydrogens (tertiary/aromatic N) is 2. The summed E-state index contributed by atoms with van der Waals surface area (Å²) in [5.74, 6) is 1.73. The highest BCUT2D eigenvalue weighted by molar-refractivity contribution is 7.99. The standard InChI is InChI=1S/C20H21N3O3S/c1-2-23-16-8-4-3-7-15(16)22-20(23)27-13-19(24)21-11-14-12-25-17-9-5-6-10-18(17)26-14/h3-10,14H,2,11-13H2,1H3,(H,21,24). The second-order valence-electron chi connectivity index (χ2n) is 6.22. The smallest absolute Gasteiger partial charge is 0.230 e. The number of hydrogen-bond acceptors (Lipinski definition) is 5. The Bertz CT molecular complexity index is 957. The summed E-state index contributed by atoms with van der Waals surface area (Å²) in [4.78, 5) is 16.9. The number of carbonyl (C=O) groups is 1. The molecule has 2 aromatic carbocycles. The molecule has 0 aliphatic carbocycles. The van der Waals surface area contributed by atoms with Gasteiger partial charge in [0.2, 0.25) is 5.91 Å². The van der Waals surface area contributed by atoms with Gasteiger partial charge in [-0.25, -0.2) is 4.98 Å². The van der Waals surface area contributed by atoms with E-state index in [1.165, 1.54) is 11.8 Å². The summed E-state index contributed by atoms with van der Waals surface area (Å²) in [5.41, 5.74) is 2.04. The zero-order valence-corrected chi connectivity index (χ0v) is 15.9. The van der Waals surface area contributed by atoms with Crippen molar-refractivity contribution in [1.29, 1.82) is 0 Å². The second kappa shape index (κ2) is 7.92. The van der Waals surface area contributed by atoms with Crippen molar-refractivity contribution in [1.82, 2.24) is 14.9 Å². The molecule has 1 aliphatic rings. The van der Waals surface area contributed by atoms with E-state index in [1.807, 2.05) is 48.5 Å². The maximum absolute atomic E-state index is 12.3. The summed E-state index contributed by atoms with van der Waals surface area (Å²) < 4.78 is 13.7. The number of aryl methyl sites for hydroxylation is 1. The molecule has 1 atom stereocenters. The molecule has 0 bridgehead atoms. The molecule has 2 heterocycles. The fourth-order valence-electron chi connectivity index (χ4n) is 3.04. The van der Waals surface area contributed by atoms with Gasteiger partial charge in [-0.05, 0) is 31.2 Å². The zero-order chi connectivity index (χ0) is 18.6. The van der Waals surface area contributed by atoms with E-state index in [9.17, 15) is 4.79 Å². The van der Waals surface area contributed by atoms with Crippen molar-refractivity contribution in [3.05, 3.63) is 48.5 Å². The summed E-state index contributed by atoms with van der Waals surface area (Å²) in [6, 6.07) is 15.6. The van der Waals surface area contributed by atoms with Crippen LogP contribution in [0.5, 0.6) is 11.5 Å². The van der Waals surface area contributed by atoms with Gasteiger partial charge in [-0.15, -0.1) is 0 Å². The van der Waals surface area contributed by atoms with Gasteiger partial charge in [0.25, 0.3) is 0 Å². The predicted octanol–water partition coefficient (Wildman–Crippen LogP) is 3.10. The molecule has 140 valence electrons. The molecule has 0 saturated carbocycles. The lowest BCUT2D eigenvalue weighted by Gasteiger charge is -2.26. The lowest BCUT2D eigenvalue weighted by molar-refractivity contribution is -0.119. The topological polar surface area (TPSA) is 65.4 Å². The minimum absolute atomic E-state index is 0.0443. The van der Waals surface area contributed by atoms with E-state index in [-0.39, 0.29) is 12.0 Å². The molecule has 4 rings (SSSR count). The summed E-state index contributed by atoms with van der Waals surface area (Å²) in [7, 11) is 0. The van der Waals surface area contributed by atoms with Crippen LogP contribution in [0.25, 0.3) is 11.0 Å². The van der Waals surface area contributed by atoms with Gasteiger partial charge in [-0.1, -0.05) is 36.0 Å². The first-order valence-electron chi connectivity index (χ1n) is 8.98. The number of amides is 1. The number of carbonyl (C=O) groups excluding carboxylic acids is 1. The van der Waals surface area contributed by atoms with Crippen LogP contribution in [0.2, 0.25) is 0 Å². The van der Waals surface area contributed by atoms with Crippen molar-refractivity contribution in [3.8, 4) is 11.5 Å². The van der Waals surface area contributed by atoms with E-state index in [2.05, 4.69) is 21.8 Å².